The normalized spacial score (nSPS) is 13.6. The molecule has 0 fully saturated rings. The van der Waals surface area contributed by atoms with Crippen molar-refractivity contribution < 1.29 is 9.59 Å². The number of halogens is 1. The quantitative estimate of drug-likeness (QED) is 0.853. The molecule has 1 N–H and O–H groups in total. The lowest BCUT2D eigenvalue weighted by Gasteiger charge is -1.99. The van der Waals surface area contributed by atoms with Crippen LogP contribution in [0.2, 0.25) is 0 Å². The zero-order chi connectivity index (χ0) is 12.3. The summed E-state index contributed by atoms with van der Waals surface area (Å²) in [6.07, 6.45) is 4.49. The van der Waals surface area contributed by atoms with Crippen molar-refractivity contribution in [3.63, 3.8) is 0 Å². The molecule has 0 atom stereocenters. The number of nitrogens with zero attached hydrogens (tertiary/aromatic N) is 1. The Morgan fingerprint density at radius 2 is 2.35 bits per heavy atom. The van der Waals surface area contributed by atoms with E-state index in [9.17, 15) is 9.59 Å². The molecule has 90 valence electrons. The first-order valence-electron chi connectivity index (χ1n) is 5.21. The standard InChI is InChI=1S/C11H11BrN2O2S/c12-6-10(16)13-4-3-11-14-8-2-1-7(15)5-9(8)17-11/h1-2H,3-6H2,(H,13,16). The Labute approximate surface area is 111 Å². The molecule has 1 amide bonds. The van der Waals surface area contributed by atoms with Crippen LogP contribution >= 0.6 is 27.3 Å². The Bertz CT molecular complexity index is 482. The fourth-order valence-corrected chi connectivity index (χ4v) is 2.79. The molecule has 1 heterocycles. The molecule has 1 aromatic heterocycles. The largest absolute Gasteiger partial charge is 0.355 e. The van der Waals surface area contributed by atoms with Gasteiger partial charge in [-0.1, -0.05) is 15.9 Å². The molecule has 1 aromatic rings. The molecule has 1 aliphatic rings. The number of aromatic nitrogens is 1. The lowest BCUT2D eigenvalue weighted by Crippen LogP contribution is -2.26. The molecular formula is C11H11BrN2O2S. The maximum Gasteiger partial charge on any atom is 0.230 e. The fourth-order valence-electron chi connectivity index (χ4n) is 1.52. The summed E-state index contributed by atoms with van der Waals surface area (Å²) in [5.41, 5.74) is 0.899. The minimum atomic E-state index is -0.0265. The van der Waals surface area contributed by atoms with Gasteiger partial charge in [0.2, 0.25) is 5.91 Å². The van der Waals surface area contributed by atoms with Gasteiger partial charge in [0.05, 0.1) is 16.0 Å². The number of hydrogen-bond acceptors (Lipinski definition) is 4. The molecule has 17 heavy (non-hydrogen) atoms. The van der Waals surface area contributed by atoms with E-state index in [-0.39, 0.29) is 11.7 Å². The summed E-state index contributed by atoms with van der Waals surface area (Å²) in [6.45, 7) is 0.578. The zero-order valence-corrected chi connectivity index (χ0v) is 11.4. The Morgan fingerprint density at radius 3 is 3.12 bits per heavy atom. The molecule has 0 aliphatic heterocycles. The highest BCUT2D eigenvalue weighted by atomic mass is 79.9. The van der Waals surface area contributed by atoms with Gasteiger partial charge >= 0.3 is 0 Å². The molecule has 2 rings (SSSR count). The van der Waals surface area contributed by atoms with Crippen LogP contribution in [0.1, 0.15) is 15.6 Å². The van der Waals surface area contributed by atoms with Gasteiger partial charge in [-0.25, -0.2) is 4.98 Å². The van der Waals surface area contributed by atoms with Gasteiger partial charge in [-0.05, 0) is 12.2 Å². The lowest BCUT2D eigenvalue weighted by molar-refractivity contribution is -0.118. The summed E-state index contributed by atoms with van der Waals surface area (Å²) < 4.78 is 0. The summed E-state index contributed by atoms with van der Waals surface area (Å²) in [6, 6.07) is 0. The summed E-state index contributed by atoms with van der Waals surface area (Å²) >= 11 is 4.63. The minimum Gasteiger partial charge on any atom is -0.355 e. The number of ketones is 1. The van der Waals surface area contributed by atoms with Crippen molar-refractivity contribution in [2.24, 2.45) is 0 Å². The summed E-state index contributed by atoms with van der Waals surface area (Å²) in [5.74, 6) is 0.0988. The first-order chi connectivity index (χ1) is 8.19. The van der Waals surface area contributed by atoms with E-state index in [1.807, 2.05) is 0 Å². The van der Waals surface area contributed by atoms with Crippen LogP contribution in [0.15, 0.2) is 6.08 Å². The van der Waals surface area contributed by atoms with Crippen LogP contribution < -0.4 is 5.32 Å². The summed E-state index contributed by atoms with van der Waals surface area (Å²) in [7, 11) is 0. The van der Waals surface area contributed by atoms with Gasteiger partial charge in [-0.3, -0.25) is 9.59 Å². The molecular weight excluding hydrogens is 304 g/mol. The highest BCUT2D eigenvalue weighted by Crippen LogP contribution is 2.24. The van der Waals surface area contributed by atoms with Crippen molar-refractivity contribution in [1.82, 2.24) is 10.3 Å². The Morgan fingerprint density at radius 1 is 1.53 bits per heavy atom. The summed E-state index contributed by atoms with van der Waals surface area (Å²) in [4.78, 5) is 27.7. The fraction of sp³-hybridized carbons (Fsp3) is 0.364. The zero-order valence-electron chi connectivity index (χ0n) is 9.03. The average molecular weight is 315 g/mol. The number of carbonyl (C=O) groups excluding carboxylic acids is 2. The number of carbonyl (C=O) groups is 2. The number of hydrogen-bond donors (Lipinski definition) is 1. The van der Waals surface area contributed by atoms with Crippen molar-refractivity contribution in [1.29, 1.82) is 0 Å². The van der Waals surface area contributed by atoms with E-state index in [1.165, 1.54) is 0 Å². The predicted octanol–water partition coefficient (Wildman–Crippen LogP) is 1.34. The highest BCUT2D eigenvalue weighted by Gasteiger charge is 2.15. The van der Waals surface area contributed by atoms with Crippen LogP contribution in [-0.2, 0) is 22.4 Å². The van der Waals surface area contributed by atoms with E-state index in [1.54, 1.807) is 23.5 Å². The molecule has 0 aromatic carbocycles. The van der Waals surface area contributed by atoms with Gasteiger partial charge in [0, 0.05) is 24.3 Å². The molecule has 0 radical (unpaired) electrons. The maximum absolute atomic E-state index is 11.2. The second kappa shape index (κ2) is 5.55. The third-order valence-corrected chi connectivity index (χ3v) is 3.96. The average Bonchev–Trinajstić information content (AvgIpc) is 2.70. The SMILES string of the molecule is O=C1C=Cc2nc(CCNC(=O)CBr)sc2C1. The third kappa shape index (κ3) is 3.23. The van der Waals surface area contributed by atoms with Crippen LogP contribution in [0.4, 0.5) is 0 Å². The van der Waals surface area contributed by atoms with Crippen molar-refractivity contribution in [3.8, 4) is 0 Å². The summed E-state index contributed by atoms with van der Waals surface area (Å²) in [5, 5.41) is 4.05. The maximum atomic E-state index is 11.2. The number of nitrogens with one attached hydrogen (secondary N) is 1. The van der Waals surface area contributed by atoms with Crippen LogP contribution in [0, 0.1) is 0 Å². The number of allylic oxidation sites excluding steroid dienone is 1. The van der Waals surface area contributed by atoms with Crippen molar-refractivity contribution in [2.75, 3.05) is 11.9 Å². The van der Waals surface area contributed by atoms with Gasteiger partial charge < -0.3 is 5.32 Å². The topological polar surface area (TPSA) is 59.1 Å². The van der Waals surface area contributed by atoms with E-state index >= 15 is 0 Å². The van der Waals surface area contributed by atoms with Crippen LogP contribution in [0.25, 0.3) is 6.08 Å². The second-order valence-electron chi connectivity index (χ2n) is 3.63. The second-order valence-corrected chi connectivity index (χ2v) is 5.35. The van der Waals surface area contributed by atoms with Crippen molar-refractivity contribution >= 4 is 45.0 Å². The molecule has 6 heteroatoms. The lowest BCUT2D eigenvalue weighted by atomic mass is 10.1. The third-order valence-electron chi connectivity index (χ3n) is 2.32. The highest BCUT2D eigenvalue weighted by molar-refractivity contribution is 9.09. The monoisotopic (exact) mass is 314 g/mol. The van der Waals surface area contributed by atoms with Crippen LogP contribution in [0.3, 0.4) is 0 Å². The molecule has 0 saturated carbocycles. The molecule has 0 saturated heterocycles. The predicted molar refractivity (Wildman–Crippen MR) is 70.4 cm³/mol. The van der Waals surface area contributed by atoms with Gasteiger partial charge in [-0.2, -0.15) is 0 Å². The van der Waals surface area contributed by atoms with Gasteiger partial charge in [0.1, 0.15) is 0 Å². The number of rotatable bonds is 4. The van der Waals surface area contributed by atoms with E-state index in [4.69, 9.17) is 0 Å². The first kappa shape index (κ1) is 12.4. The molecule has 4 nitrogen and oxygen atoms in total. The number of thiazole rings is 1. The van der Waals surface area contributed by atoms with Crippen molar-refractivity contribution in [2.45, 2.75) is 12.8 Å². The smallest absolute Gasteiger partial charge is 0.230 e. The van der Waals surface area contributed by atoms with Crippen LogP contribution in [0.5, 0.6) is 0 Å². The van der Waals surface area contributed by atoms with Gasteiger partial charge in [0.15, 0.2) is 5.78 Å². The first-order valence-corrected chi connectivity index (χ1v) is 7.15. The molecule has 0 unspecified atom stereocenters. The Kier molecular flexibility index (Phi) is 4.06. The van der Waals surface area contributed by atoms with Crippen LogP contribution in [-0.4, -0.2) is 28.5 Å². The Balaban J connectivity index is 1.93. The van der Waals surface area contributed by atoms with E-state index in [2.05, 4.69) is 26.2 Å². The molecule has 0 spiro atoms. The molecule has 1 aliphatic carbocycles. The molecule has 0 bridgehead atoms. The van der Waals surface area contributed by atoms with E-state index in [0.29, 0.717) is 24.7 Å². The van der Waals surface area contributed by atoms with Gasteiger partial charge in [0.25, 0.3) is 0 Å². The van der Waals surface area contributed by atoms with E-state index in [0.717, 1.165) is 15.6 Å². The Hall–Kier alpha value is -1.01. The van der Waals surface area contributed by atoms with Crippen molar-refractivity contribution in [3.05, 3.63) is 21.7 Å². The number of fused-ring (bicyclic) bond motifs is 1. The number of alkyl halides is 1. The number of amides is 1. The van der Waals surface area contributed by atoms with Gasteiger partial charge in [-0.15, -0.1) is 11.3 Å². The minimum absolute atomic E-state index is 0.0265. The van der Waals surface area contributed by atoms with E-state index < -0.39 is 0 Å².